The van der Waals surface area contributed by atoms with Crippen LogP contribution in [-0.2, 0) is 9.09 Å². The summed E-state index contributed by atoms with van der Waals surface area (Å²) in [5.74, 6) is 3.38. The molecule has 4 aliphatic carbocycles. The van der Waals surface area contributed by atoms with Crippen LogP contribution in [0.5, 0.6) is 0 Å². The van der Waals surface area contributed by atoms with Crippen molar-refractivity contribution in [2.75, 3.05) is 71.7 Å². The molecular formula is C34H61N7O2P+. The summed E-state index contributed by atoms with van der Waals surface area (Å²) >= 11 is 0. The van der Waals surface area contributed by atoms with Crippen LogP contribution in [-0.4, -0.2) is 99.0 Å². The number of hydrogen-bond donors (Lipinski definition) is 4. The van der Waals surface area contributed by atoms with Gasteiger partial charge in [-0.1, -0.05) is 26.2 Å². The lowest BCUT2D eigenvalue weighted by atomic mass is 9.82. The van der Waals surface area contributed by atoms with Crippen LogP contribution in [0.1, 0.15) is 84.5 Å². The van der Waals surface area contributed by atoms with E-state index in [1.807, 2.05) is 6.92 Å². The molecule has 6 rings (SSSR count). The zero-order valence-electron chi connectivity index (χ0n) is 27.7. The van der Waals surface area contributed by atoms with E-state index in [4.69, 9.17) is 15.2 Å². The van der Waals surface area contributed by atoms with Gasteiger partial charge < -0.3 is 21.3 Å². The summed E-state index contributed by atoms with van der Waals surface area (Å²) in [7, 11) is -1.54. The summed E-state index contributed by atoms with van der Waals surface area (Å²) in [6.07, 6.45) is 17.9. The molecule has 0 aromatic rings. The van der Waals surface area contributed by atoms with Crippen LogP contribution in [0.3, 0.4) is 0 Å². The molecule has 2 aliphatic heterocycles. The highest BCUT2D eigenvalue weighted by Gasteiger charge is 2.65. The summed E-state index contributed by atoms with van der Waals surface area (Å²) in [5.41, 5.74) is 7.96. The maximum absolute atomic E-state index is 11.9. The molecule has 0 amide bonds. The SMILES string of the molecule is CCO[P+](=O)CCN1CCN(C2=NC3(NCC4CCC(CNCC5(CNC6CCCCC6)CC5)CC4)C(C)C3C(N)=C2)CC1. The van der Waals surface area contributed by atoms with Crippen LogP contribution in [0.15, 0.2) is 16.8 Å². The third kappa shape index (κ3) is 8.06. The number of hydrogen-bond acceptors (Lipinski definition) is 9. The van der Waals surface area contributed by atoms with Crippen molar-refractivity contribution in [2.45, 2.75) is 96.2 Å². The van der Waals surface area contributed by atoms with Crippen molar-refractivity contribution in [3.63, 3.8) is 0 Å². The number of rotatable bonds is 15. The summed E-state index contributed by atoms with van der Waals surface area (Å²) in [5, 5.41) is 11.8. The second kappa shape index (κ2) is 14.8. The Balaban J connectivity index is 0.898. The van der Waals surface area contributed by atoms with E-state index < -0.39 is 8.03 Å². The Morgan fingerprint density at radius 2 is 1.70 bits per heavy atom. The van der Waals surface area contributed by atoms with Gasteiger partial charge in [-0.15, -0.1) is 4.52 Å². The first kappa shape index (κ1) is 32.8. The molecule has 6 aliphatic rings. The van der Waals surface area contributed by atoms with Crippen molar-refractivity contribution in [1.82, 2.24) is 25.8 Å². The van der Waals surface area contributed by atoms with Crippen molar-refractivity contribution in [1.29, 1.82) is 0 Å². The van der Waals surface area contributed by atoms with Crippen LogP contribution in [0.25, 0.3) is 0 Å². The van der Waals surface area contributed by atoms with Gasteiger partial charge in [-0.05, 0) is 92.7 Å². The smallest absolute Gasteiger partial charge is 0.402 e. The van der Waals surface area contributed by atoms with E-state index >= 15 is 0 Å². The molecule has 5 N–H and O–H groups in total. The van der Waals surface area contributed by atoms with Gasteiger partial charge in [0.2, 0.25) is 0 Å². The minimum atomic E-state index is -1.54. The Morgan fingerprint density at radius 1 is 1.00 bits per heavy atom. The molecule has 0 radical (unpaired) electrons. The van der Waals surface area contributed by atoms with Gasteiger partial charge in [-0.2, -0.15) is 0 Å². The number of aliphatic imine (C=N–C) groups is 1. The predicted octanol–water partition coefficient (Wildman–Crippen LogP) is 4.29. The molecule has 0 bridgehead atoms. The van der Waals surface area contributed by atoms with Crippen molar-refractivity contribution < 1.29 is 9.09 Å². The van der Waals surface area contributed by atoms with Gasteiger partial charge in [0.05, 0.1) is 6.61 Å². The van der Waals surface area contributed by atoms with Gasteiger partial charge in [0.1, 0.15) is 11.5 Å². The van der Waals surface area contributed by atoms with Gasteiger partial charge in [0.25, 0.3) is 0 Å². The van der Waals surface area contributed by atoms with Gasteiger partial charge in [0.15, 0.2) is 6.16 Å². The van der Waals surface area contributed by atoms with E-state index in [-0.39, 0.29) is 5.66 Å². The molecule has 4 unspecified atom stereocenters. The Hall–Kier alpha value is -1.09. The van der Waals surface area contributed by atoms with Gasteiger partial charge >= 0.3 is 8.03 Å². The average Bonchev–Trinajstić information content (AvgIpc) is 3.95. The molecule has 0 aromatic heterocycles. The summed E-state index contributed by atoms with van der Waals surface area (Å²) in [4.78, 5) is 10.1. The Labute approximate surface area is 267 Å². The van der Waals surface area contributed by atoms with Crippen LogP contribution in [0.4, 0.5) is 0 Å². The second-order valence-electron chi connectivity index (χ2n) is 15.1. The number of piperazine rings is 1. The van der Waals surface area contributed by atoms with Crippen molar-refractivity contribution >= 4 is 13.9 Å². The predicted molar refractivity (Wildman–Crippen MR) is 180 cm³/mol. The van der Waals surface area contributed by atoms with Crippen LogP contribution in [0.2, 0.25) is 0 Å². The van der Waals surface area contributed by atoms with Crippen molar-refractivity contribution in [2.24, 2.45) is 39.8 Å². The van der Waals surface area contributed by atoms with E-state index in [1.54, 1.807) is 0 Å². The zero-order chi connectivity index (χ0) is 30.6. The highest BCUT2D eigenvalue weighted by Crippen LogP contribution is 2.56. The number of nitrogens with two attached hydrogens (primary N) is 1. The number of amidine groups is 1. The molecule has 2 heterocycles. The lowest BCUT2D eigenvalue weighted by molar-refractivity contribution is 0.188. The molecule has 10 heteroatoms. The fourth-order valence-electron chi connectivity index (χ4n) is 8.57. The van der Waals surface area contributed by atoms with E-state index in [9.17, 15) is 4.57 Å². The first-order chi connectivity index (χ1) is 21.4. The largest absolute Gasteiger partial charge is 0.509 e. The standard InChI is InChI=1S/C34H61N7O2P/c1-3-43-44(42)20-19-40-15-17-41(18-16-40)31-21-30(35)32-26(2)34(32,39-31)38-23-28-11-9-27(10-12-28)22-36-24-33(13-14-33)25-37-29-7-5-4-6-8-29/h21,26-29,32,36-38H,3-20,22-25,35H2,1-2H3/q+1. The molecule has 4 saturated carbocycles. The van der Waals surface area contributed by atoms with Crippen LogP contribution >= 0.6 is 8.03 Å². The van der Waals surface area contributed by atoms with Crippen LogP contribution < -0.4 is 21.7 Å². The molecule has 5 fully saturated rings. The molecule has 44 heavy (non-hydrogen) atoms. The molecule has 1 saturated heterocycles. The van der Waals surface area contributed by atoms with Crippen molar-refractivity contribution in [3.05, 3.63) is 11.8 Å². The number of fused-ring (bicyclic) bond motifs is 1. The monoisotopic (exact) mass is 630 g/mol. The quantitative estimate of drug-likeness (QED) is 0.199. The van der Waals surface area contributed by atoms with Gasteiger partial charge in [-0.25, -0.2) is 4.99 Å². The van der Waals surface area contributed by atoms with Crippen molar-refractivity contribution in [3.8, 4) is 0 Å². The van der Waals surface area contributed by atoms with E-state index in [0.717, 1.165) is 68.7 Å². The number of nitrogens with zero attached hydrogens (tertiary/aromatic N) is 3. The topological polar surface area (TPSA) is 107 Å². The average molecular weight is 631 g/mol. The van der Waals surface area contributed by atoms with Gasteiger partial charge in [-0.3, -0.25) is 10.2 Å². The first-order valence-electron chi connectivity index (χ1n) is 18.2. The highest BCUT2D eigenvalue weighted by molar-refractivity contribution is 7.39. The summed E-state index contributed by atoms with van der Waals surface area (Å²) in [6, 6.07) is 0.782. The Kier molecular flexibility index (Phi) is 11.0. The van der Waals surface area contributed by atoms with Crippen LogP contribution in [0, 0.1) is 29.1 Å². The molecular weight excluding hydrogens is 569 g/mol. The molecule has 9 nitrogen and oxygen atoms in total. The minimum Gasteiger partial charge on any atom is -0.402 e. The van der Waals surface area contributed by atoms with E-state index in [2.05, 4.69) is 38.7 Å². The van der Waals surface area contributed by atoms with E-state index in [0.29, 0.717) is 30.0 Å². The summed E-state index contributed by atoms with van der Waals surface area (Å²) in [6.45, 7) is 14.0. The van der Waals surface area contributed by atoms with E-state index in [1.165, 1.54) is 90.3 Å². The highest BCUT2D eigenvalue weighted by atomic mass is 31.1. The zero-order valence-corrected chi connectivity index (χ0v) is 28.6. The summed E-state index contributed by atoms with van der Waals surface area (Å²) < 4.78 is 17.2. The Bertz CT molecular complexity index is 1030. The number of dihydropyridines is 1. The molecule has 0 spiro atoms. The normalized spacial score (nSPS) is 34.2. The fourth-order valence-corrected chi connectivity index (χ4v) is 9.44. The Morgan fingerprint density at radius 3 is 2.39 bits per heavy atom. The molecule has 0 aromatic carbocycles. The molecule has 248 valence electrons. The number of nitrogens with one attached hydrogen (secondary N) is 3. The maximum atomic E-state index is 11.9. The third-order valence-electron chi connectivity index (χ3n) is 12.0. The second-order valence-corrected chi connectivity index (χ2v) is 16.5. The maximum Gasteiger partial charge on any atom is 0.509 e. The lowest BCUT2D eigenvalue weighted by Gasteiger charge is -2.37. The third-order valence-corrected chi connectivity index (χ3v) is 13.1. The lowest BCUT2D eigenvalue weighted by Crippen LogP contribution is -2.50. The minimum absolute atomic E-state index is 0.218. The molecule has 4 atom stereocenters. The first-order valence-corrected chi connectivity index (χ1v) is 19.6. The fraction of sp³-hybridized carbons (Fsp3) is 0.912. The van der Waals surface area contributed by atoms with Gasteiger partial charge in [0, 0.05) is 75.9 Å².